The van der Waals surface area contributed by atoms with Crippen LogP contribution < -0.4 is 0 Å². The second kappa shape index (κ2) is 14.4. The van der Waals surface area contributed by atoms with Crippen molar-refractivity contribution in [1.29, 1.82) is 0 Å². The van der Waals surface area contributed by atoms with Crippen LogP contribution in [0.1, 0.15) is 75.6 Å². The van der Waals surface area contributed by atoms with Gasteiger partial charge in [-0.2, -0.15) is 0 Å². The zero-order chi connectivity index (χ0) is 36.5. The van der Waals surface area contributed by atoms with Crippen molar-refractivity contribution in [2.75, 3.05) is 0 Å². The van der Waals surface area contributed by atoms with Crippen LogP contribution in [0.5, 0.6) is 0 Å². The molecular weight excluding hydrogens is 743 g/mol. The average Bonchev–Trinajstić information content (AvgIpc) is 3.69. The number of pyridine rings is 1. The predicted molar refractivity (Wildman–Crippen MR) is 185 cm³/mol. The molecule has 3 heterocycles. The van der Waals surface area contributed by atoms with Crippen molar-refractivity contribution < 1.29 is 32.7 Å². The van der Waals surface area contributed by atoms with E-state index in [-0.39, 0.29) is 31.2 Å². The number of aromatic nitrogens is 3. The molecule has 46 heavy (non-hydrogen) atoms. The van der Waals surface area contributed by atoms with Crippen molar-refractivity contribution in [3.8, 4) is 22.6 Å². The molecule has 0 fully saturated rings. The van der Waals surface area contributed by atoms with E-state index in [1.165, 1.54) is 22.9 Å². The molecule has 0 aliphatic heterocycles. The van der Waals surface area contributed by atoms with Gasteiger partial charge < -0.3 is 14.0 Å². The SMILES string of the molecule is [2H]C([2H])([2H])c1ccc(-c2[c-]cccc2)nc1.[2H]C([2H])([2H])c1ccc2o[c-]c(-c3nc4ccccc4n3Cc3c(C(C)C)cccc3C(C)C)c2c1.[Ir]. The van der Waals surface area contributed by atoms with E-state index in [4.69, 9.17) is 17.6 Å². The van der Waals surface area contributed by atoms with Crippen LogP contribution in [0, 0.1) is 26.0 Å². The minimum absolute atomic E-state index is 0. The number of rotatable bonds is 6. The molecule has 0 spiro atoms. The molecule has 0 atom stereocenters. The third-order valence-corrected chi connectivity index (χ3v) is 7.95. The van der Waals surface area contributed by atoms with Crippen LogP contribution in [0.3, 0.4) is 0 Å². The Balaban J connectivity index is 0.000000258. The van der Waals surface area contributed by atoms with Gasteiger partial charge in [0.15, 0.2) is 0 Å². The van der Waals surface area contributed by atoms with Gasteiger partial charge in [-0.1, -0.05) is 105 Å². The summed E-state index contributed by atoms with van der Waals surface area (Å²) in [5.41, 5.74) is 9.24. The van der Waals surface area contributed by atoms with Crippen LogP contribution in [0.25, 0.3) is 44.6 Å². The Kier molecular flexibility index (Phi) is 8.09. The standard InChI is InChI=1S/C29H29N2O.C12H10N.Ir/c1-18(2)21-9-8-10-22(19(3)4)24(21)16-31-27-12-7-6-11-26(27)30-29(31)25-17-32-28-14-13-20(5)15-23(25)28;1-10-7-8-12(13-9-10)11-5-3-2-4-6-11;/h6-15,18-19H,16H2,1-5H3;2-5,7-9H,1H3;/q2*-1;/i5D3;1D3;. The molecule has 0 aliphatic carbocycles. The summed E-state index contributed by atoms with van der Waals surface area (Å²) >= 11 is 0. The fraction of sp³-hybridized carbons (Fsp3) is 0.220. The average molecular weight is 788 g/mol. The summed E-state index contributed by atoms with van der Waals surface area (Å²) in [6, 6.07) is 33.4. The number of nitrogens with zero attached hydrogens (tertiary/aromatic N) is 3. The molecule has 1 radical (unpaired) electrons. The molecule has 4 nitrogen and oxygen atoms in total. The third kappa shape index (κ3) is 6.92. The Labute approximate surface area is 294 Å². The molecule has 7 rings (SSSR count). The van der Waals surface area contributed by atoms with Gasteiger partial charge in [-0.05, 0) is 65.6 Å². The largest absolute Gasteiger partial charge is 0.557 e. The Morgan fingerprint density at radius 3 is 2.24 bits per heavy atom. The van der Waals surface area contributed by atoms with Crippen LogP contribution in [-0.2, 0) is 26.7 Å². The van der Waals surface area contributed by atoms with Gasteiger partial charge in [-0.15, -0.1) is 35.9 Å². The molecule has 5 heteroatoms. The normalized spacial score (nSPS) is 13.6. The number of benzene rings is 4. The number of aryl methyl sites for hydroxylation is 2. The first-order valence-electron chi connectivity index (χ1n) is 18.2. The van der Waals surface area contributed by atoms with Gasteiger partial charge >= 0.3 is 0 Å². The van der Waals surface area contributed by atoms with Crippen LogP contribution in [0.4, 0.5) is 0 Å². The zero-order valence-electron chi connectivity index (χ0n) is 32.3. The first kappa shape index (κ1) is 25.8. The fourth-order valence-corrected chi connectivity index (χ4v) is 5.72. The van der Waals surface area contributed by atoms with Gasteiger partial charge in [-0.25, -0.2) is 0 Å². The van der Waals surface area contributed by atoms with Crippen molar-refractivity contribution in [3.05, 3.63) is 143 Å². The smallest absolute Gasteiger partial charge is 0.0770 e. The molecule has 0 saturated carbocycles. The number of fused-ring (bicyclic) bond motifs is 2. The second-order valence-electron chi connectivity index (χ2n) is 11.7. The van der Waals surface area contributed by atoms with Crippen LogP contribution in [0.15, 0.2) is 108 Å². The van der Waals surface area contributed by atoms with E-state index in [0.29, 0.717) is 34.9 Å². The Hall–Kier alpha value is -4.31. The molecule has 7 aromatic rings. The second-order valence-corrected chi connectivity index (χ2v) is 11.7. The van der Waals surface area contributed by atoms with Gasteiger partial charge in [0, 0.05) is 52.9 Å². The maximum Gasteiger partial charge on any atom is 0.0770 e. The number of para-hydroxylation sites is 2. The summed E-state index contributed by atoms with van der Waals surface area (Å²) in [4.78, 5) is 9.10. The minimum Gasteiger partial charge on any atom is -0.557 e. The molecule has 0 saturated heterocycles. The summed E-state index contributed by atoms with van der Waals surface area (Å²) in [6.07, 6.45) is 4.42. The van der Waals surface area contributed by atoms with Crippen LogP contribution >= 0.6 is 0 Å². The molecule has 0 amide bonds. The van der Waals surface area contributed by atoms with Crippen molar-refractivity contribution in [2.24, 2.45) is 0 Å². The molecule has 0 N–H and O–H groups in total. The summed E-state index contributed by atoms with van der Waals surface area (Å²) in [6.45, 7) is 5.26. The van der Waals surface area contributed by atoms with E-state index >= 15 is 0 Å². The summed E-state index contributed by atoms with van der Waals surface area (Å²) in [7, 11) is 0. The molecular formula is C41H39IrN3O-2. The van der Waals surface area contributed by atoms with Crippen molar-refractivity contribution in [3.63, 3.8) is 0 Å². The first-order chi connectivity index (χ1) is 24.2. The van der Waals surface area contributed by atoms with E-state index in [1.54, 1.807) is 36.4 Å². The zero-order valence-corrected chi connectivity index (χ0v) is 28.7. The van der Waals surface area contributed by atoms with Gasteiger partial charge in [0.1, 0.15) is 0 Å². The maximum absolute atomic E-state index is 7.85. The summed E-state index contributed by atoms with van der Waals surface area (Å²) < 4.78 is 53.2. The number of hydrogen-bond acceptors (Lipinski definition) is 3. The van der Waals surface area contributed by atoms with Crippen molar-refractivity contribution >= 4 is 22.0 Å². The molecule has 4 aromatic carbocycles. The molecule has 3 aromatic heterocycles. The van der Waals surface area contributed by atoms with Gasteiger partial charge in [0.05, 0.1) is 16.9 Å². The molecule has 0 bridgehead atoms. The molecule has 0 unspecified atom stereocenters. The van der Waals surface area contributed by atoms with E-state index < -0.39 is 13.7 Å². The quantitative estimate of drug-likeness (QED) is 0.158. The summed E-state index contributed by atoms with van der Waals surface area (Å²) in [5.74, 6) is 1.48. The van der Waals surface area contributed by atoms with Crippen molar-refractivity contribution in [2.45, 2.75) is 59.8 Å². The van der Waals surface area contributed by atoms with Gasteiger partial charge in [0.25, 0.3) is 0 Å². The molecule has 235 valence electrons. The van der Waals surface area contributed by atoms with E-state index in [2.05, 4.69) is 73.8 Å². The summed E-state index contributed by atoms with van der Waals surface area (Å²) in [5, 5.41) is 0.705. The van der Waals surface area contributed by atoms with Gasteiger partial charge in [-0.3, -0.25) is 4.98 Å². The fourth-order valence-electron chi connectivity index (χ4n) is 5.72. The Morgan fingerprint density at radius 2 is 1.57 bits per heavy atom. The van der Waals surface area contributed by atoms with Gasteiger partial charge in [0.2, 0.25) is 0 Å². The Morgan fingerprint density at radius 1 is 0.826 bits per heavy atom. The number of furan rings is 1. The minimum atomic E-state index is -2.20. The monoisotopic (exact) mass is 788 g/mol. The maximum atomic E-state index is 7.85. The Bertz CT molecular complexity index is 2250. The number of hydrogen-bond donors (Lipinski definition) is 0. The predicted octanol–water partition coefficient (Wildman–Crippen LogP) is 10.7. The third-order valence-electron chi connectivity index (χ3n) is 7.95. The van der Waals surface area contributed by atoms with Crippen LogP contribution in [0.2, 0.25) is 0 Å². The van der Waals surface area contributed by atoms with Crippen molar-refractivity contribution in [1.82, 2.24) is 14.5 Å². The van der Waals surface area contributed by atoms with E-state index in [1.807, 2.05) is 36.4 Å². The van der Waals surface area contributed by atoms with Crippen LogP contribution in [-0.4, -0.2) is 14.5 Å². The molecule has 0 aliphatic rings. The topological polar surface area (TPSA) is 43.9 Å². The van der Waals surface area contributed by atoms with E-state index in [9.17, 15) is 0 Å². The van der Waals surface area contributed by atoms with E-state index in [0.717, 1.165) is 28.1 Å². The number of imidazole rings is 1. The first-order valence-corrected chi connectivity index (χ1v) is 15.2.